The van der Waals surface area contributed by atoms with E-state index in [0.717, 1.165) is 31.6 Å². The van der Waals surface area contributed by atoms with Gasteiger partial charge in [-0.1, -0.05) is 0 Å². The zero-order valence-corrected chi connectivity index (χ0v) is 12.0. The van der Waals surface area contributed by atoms with Crippen LogP contribution in [0.25, 0.3) is 0 Å². The van der Waals surface area contributed by atoms with Gasteiger partial charge in [0.1, 0.15) is 10.9 Å². The molecule has 0 atom stereocenters. The van der Waals surface area contributed by atoms with Gasteiger partial charge in [-0.15, -0.1) is 11.3 Å². The van der Waals surface area contributed by atoms with Crippen molar-refractivity contribution in [3.63, 3.8) is 0 Å². The van der Waals surface area contributed by atoms with Crippen LogP contribution in [0, 0.1) is 11.3 Å². The number of nitriles is 1. The van der Waals surface area contributed by atoms with Crippen molar-refractivity contribution in [2.24, 2.45) is 0 Å². The summed E-state index contributed by atoms with van der Waals surface area (Å²) in [7, 11) is 1.78. The third-order valence-electron chi connectivity index (χ3n) is 4.11. The molecule has 0 unspecified atom stereocenters. The van der Waals surface area contributed by atoms with E-state index in [0.29, 0.717) is 16.9 Å². The second-order valence-electron chi connectivity index (χ2n) is 5.37. The summed E-state index contributed by atoms with van der Waals surface area (Å²) < 4.78 is 5.42. The Labute approximate surface area is 117 Å². The van der Waals surface area contributed by atoms with Crippen molar-refractivity contribution >= 4 is 22.0 Å². The molecule has 3 rings (SSSR count). The van der Waals surface area contributed by atoms with Gasteiger partial charge < -0.3 is 15.4 Å². The van der Waals surface area contributed by atoms with Crippen molar-refractivity contribution in [3.05, 3.63) is 10.4 Å². The normalized spacial score (nSPS) is 20.5. The number of ether oxygens (including phenoxy) is 1. The summed E-state index contributed by atoms with van der Waals surface area (Å²) >= 11 is 1.57. The Kier molecular flexibility index (Phi) is 3.38. The molecule has 0 aromatic carbocycles. The summed E-state index contributed by atoms with van der Waals surface area (Å²) in [5.41, 5.74) is 8.13. The Morgan fingerprint density at radius 1 is 1.32 bits per heavy atom. The number of rotatable bonds is 3. The van der Waals surface area contributed by atoms with E-state index < -0.39 is 0 Å². The summed E-state index contributed by atoms with van der Waals surface area (Å²) in [5.74, 6) is 0.591. The third-order valence-corrected chi connectivity index (χ3v) is 5.30. The number of nitrogen functional groups attached to an aromatic ring is 1. The van der Waals surface area contributed by atoms with Gasteiger partial charge >= 0.3 is 0 Å². The van der Waals surface area contributed by atoms with Gasteiger partial charge in [-0.05, 0) is 31.6 Å². The fourth-order valence-electron chi connectivity index (χ4n) is 2.82. The second-order valence-corrected chi connectivity index (χ2v) is 6.37. The average Bonchev–Trinajstić information content (AvgIpc) is 3.23. The molecule has 0 amide bonds. The standard InChI is InChI=1S/C14H19N3OS/c1-18-10-4-6-17(7-5-10)14-12(9-2-3-9)13(16)11(8-15)19-14/h9-10H,2-7,16H2,1H3. The number of nitrogens with two attached hydrogens (primary N) is 1. The van der Waals surface area contributed by atoms with E-state index in [-0.39, 0.29) is 0 Å². The summed E-state index contributed by atoms with van der Waals surface area (Å²) in [6.45, 7) is 2.01. The Morgan fingerprint density at radius 2 is 2.00 bits per heavy atom. The molecule has 1 aromatic rings. The molecular formula is C14H19N3OS. The number of anilines is 2. The van der Waals surface area contributed by atoms with Gasteiger partial charge in [-0.3, -0.25) is 0 Å². The van der Waals surface area contributed by atoms with Crippen LogP contribution in [0.15, 0.2) is 0 Å². The van der Waals surface area contributed by atoms with Crippen molar-refractivity contribution in [1.82, 2.24) is 0 Å². The summed E-state index contributed by atoms with van der Waals surface area (Å²) in [5, 5.41) is 10.4. The number of thiophene rings is 1. The minimum absolute atomic E-state index is 0.383. The predicted octanol–water partition coefficient (Wildman–Crippen LogP) is 2.69. The van der Waals surface area contributed by atoms with E-state index in [2.05, 4.69) is 11.0 Å². The lowest BCUT2D eigenvalue weighted by Crippen LogP contribution is -2.36. The van der Waals surface area contributed by atoms with E-state index in [1.54, 1.807) is 18.4 Å². The van der Waals surface area contributed by atoms with Crippen LogP contribution in [0.5, 0.6) is 0 Å². The number of methoxy groups -OCH3 is 1. The fourth-order valence-corrected chi connectivity index (χ4v) is 3.98. The van der Waals surface area contributed by atoms with Crippen LogP contribution in [0.3, 0.4) is 0 Å². The molecule has 4 nitrogen and oxygen atoms in total. The van der Waals surface area contributed by atoms with Crippen LogP contribution in [0.4, 0.5) is 10.7 Å². The summed E-state index contributed by atoms with van der Waals surface area (Å²) in [6.07, 6.45) is 4.93. The number of hydrogen-bond acceptors (Lipinski definition) is 5. The highest BCUT2D eigenvalue weighted by atomic mass is 32.1. The minimum atomic E-state index is 0.383. The van der Waals surface area contributed by atoms with Crippen molar-refractivity contribution in [1.29, 1.82) is 5.26 Å². The highest BCUT2D eigenvalue weighted by Gasteiger charge is 2.34. The Balaban J connectivity index is 1.86. The van der Waals surface area contributed by atoms with E-state index in [9.17, 15) is 5.26 Å². The topological polar surface area (TPSA) is 62.3 Å². The van der Waals surface area contributed by atoms with Gasteiger partial charge in [-0.25, -0.2) is 0 Å². The van der Waals surface area contributed by atoms with Crippen LogP contribution in [0.1, 0.15) is 42.0 Å². The van der Waals surface area contributed by atoms with Crippen LogP contribution >= 0.6 is 11.3 Å². The lowest BCUT2D eigenvalue weighted by atomic mass is 10.1. The Morgan fingerprint density at radius 3 is 2.53 bits per heavy atom. The molecule has 2 heterocycles. The number of nitrogens with zero attached hydrogens (tertiary/aromatic N) is 2. The highest BCUT2D eigenvalue weighted by molar-refractivity contribution is 7.17. The molecule has 0 bridgehead atoms. The van der Waals surface area contributed by atoms with Gasteiger partial charge in [0.2, 0.25) is 0 Å². The maximum absolute atomic E-state index is 9.18. The smallest absolute Gasteiger partial charge is 0.130 e. The van der Waals surface area contributed by atoms with Crippen LogP contribution in [0.2, 0.25) is 0 Å². The molecule has 1 aromatic heterocycles. The maximum atomic E-state index is 9.18. The van der Waals surface area contributed by atoms with Gasteiger partial charge in [0.05, 0.1) is 16.8 Å². The molecule has 1 aliphatic heterocycles. The molecule has 2 N–H and O–H groups in total. The summed E-state index contributed by atoms with van der Waals surface area (Å²) in [6, 6.07) is 2.24. The fraction of sp³-hybridized carbons (Fsp3) is 0.643. The van der Waals surface area contributed by atoms with Crippen molar-refractivity contribution in [2.75, 3.05) is 30.8 Å². The molecule has 5 heteroatoms. The van der Waals surface area contributed by atoms with Gasteiger partial charge in [-0.2, -0.15) is 5.26 Å². The first-order valence-electron chi connectivity index (χ1n) is 6.84. The lowest BCUT2D eigenvalue weighted by molar-refractivity contribution is 0.0820. The summed E-state index contributed by atoms with van der Waals surface area (Å²) in [4.78, 5) is 3.08. The highest BCUT2D eigenvalue weighted by Crippen LogP contribution is 2.52. The van der Waals surface area contributed by atoms with Gasteiger partial charge in [0, 0.05) is 25.8 Å². The molecule has 1 saturated carbocycles. The number of piperidine rings is 1. The lowest BCUT2D eigenvalue weighted by Gasteiger charge is -2.32. The minimum Gasteiger partial charge on any atom is -0.397 e. The van der Waals surface area contributed by atoms with E-state index in [1.807, 2.05) is 0 Å². The van der Waals surface area contributed by atoms with E-state index >= 15 is 0 Å². The SMILES string of the molecule is COC1CCN(c2sc(C#N)c(N)c2C2CC2)CC1. The Hall–Kier alpha value is -1.25. The molecule has 1 saturated heterocycles. The first-order valence-corrected chi connectivity index (χ1v) is 7.66. The zero-order valence-electron chi connectivity index (χ0n) is 11.2. The molecule has 2 aliphatic rings. The third kappa shape index (κ3) is 2.31. The molecule has 19 heavy (non-hydrogen) atoms. The molecule has 2 fully saturated rings. The first kappa shape index (κ1) is 12.8. The largest absolute Gasteiger partial charge is 0.397 e. The first-order chi connectivity index (χ1) is 9.24. The molecule has 0 radical (unpaired) electrons. The van der Waals surface area contributed by atoms with E-state index in [1.165, 1.54) is 23.4 Å². The van der Waals surface area contributed by atoms with Crippen molar-refractivity contribution in [2.45, 2.75) is 37.7 Å². The zero-order chi connectivity index (χ0) is 13.4. The van der Waals surface area contributed by atoms with Crippen molar-refractivity contribution < 1.29 is 4.74 Å². The van der Waals surface area contributed by atoms with Crippen LogP contribution < -0.4 is 10.6 Å². The number of hydrogen-bond donors (Lipinski definition) is 1. The molecule has 0 spiro atoms. The van der Waals surface area contributed by atoms with E-state index in [4.69, 9.17) is 10.5 Å². The Bertz CT molecular complexity index is 507. The molecule has 102 valence electrons. The quantitative estimate of drug-likeness (QED) is 0.922. The van der Waals surface area contributed by atoms with Crippen LogP contribution in [-0.2, 0) is 4.74 Å². The molecular weight excluding hydrogens is 258 g/mol. The average molecular weight is 277 g/mol. The van der Waals surface area contributed by atoms with Gasteiger partial charge in [0.15, 0.2) is 0 Å². The van der Waals surface area contributed by atoms with Crippen molar-refractivity contribution in [3.8, 4) is 6.07 Å². The predicted molar refractivity (Wildman–Crippen MR) is 77.7 cm³/mol. The maximum Gasteiger partial charge on any atom is 0.130 e. The second kappa shape index (κ2) is 5.03. The monoisotopic (exact) mass is 277 g/mol. The van der Waals surface area contributed by atoms with Gasteiger partial charge in [0.25, 0.3) is 0 Å². The van der Waals surface area contributed by atoms with Crippen LogP contribution in [-0.4, -0.2) is 26.3 Å². The molecule has 1 aliphatic carbocycles.